The fourth-order valence-electron chi connectivity index (χ4n) is 2.13. The smallest absolute Gasteiger partial charge is 0.109 e. The second-order valence-electron chi connectivity index (χ2n) is 3.75. The summed E-state index contributed by atoms with van der Waals surface area (Å²) in [4.78, 5) is 6.71. The highest BCUT2D eigenvalue weighted by Gasteiger charge is 2.25. The highest BCUT2D eigenvalue weighted by molar-refractivity contribution is 5.68. The summed E-state index contributed by atoms with van der Waals surface area (Å²) in [5, 5.41) is 3.51. The Morgan fingerprint density at radius 1 is 1.36 bits per heavy atom. The molecule has 0 amide bonds. The van der Waals surface area contributed by atoms with E-state index in [2.05, 4.69) is 33.4 Å². The number of rotatable bonds is 0. The van der Waals surface area contributed by atoms with Crippen LogP contribution >= 0.6 is 0 Å². The van der Waals surface area contributed by atoms with Crippen LogP contribution in [0.15, 0.2) is 29.3 Å². The van der Waals surface area contributed by atoms with Crippen LogP contribution in [0, 0.1) is 0 Å². The molecular weight excluding hydrogens is 174 g/mol. The zero-order valence-corrected chi connectivity index (χ0v) is 7.98. The van der Waals surface area contributed by atoms with E-state index < -0.39 is 0 Å². The fourth-order valence-corrected chi connectivity index (χ4v) is 2.13. The predicted octanol–water partition coefficient (Wildman–Crippen LogP) is 1.65. The Morgan fingerprint density at radius 2 is 2.29 bits per heavy atom. The van der Waals surface area contributed by atoms with Crippen LogP contribution < -0.4 is 5.32 Å². The zero-order chi connectivity index (χ0) is 9.38. The monoisotopic (exact) mass is 187 g/mol. The topological polar surface area (TPSA) is 27.6 Å². The molecule has 3 heteroatoms. The van der Waals surface area contributed by atoms with E-state index in [0.29, 0.717) is 6.17 Å². The van der Waals surface area contributed by atoms with Gasteiger partial charge in [0.15, 0.2) is 0 Å². The van der Waals surface area contributed by atoms with Crippen LogP contribution in [0.3, 0.4) is 0 Å². The van der Waals surface area contributed by atoms with Crippen molar-refractivity contribution in [2.24, 2.45) is 4.99 Å². The lowest BCUT2D eigenvalue weighted by Gasteiger charge is -2.38. The van der Waals surface area contributed by atoms with Crippen LogP contribution in [0.1, 0.15) is 18.2 Å². The minimum Gasteiger partial charge on any atom is -0.343 e. The van der Waals surface area contributed by atoms with Crippen molar-refractivity contribution < 1.29 is 0 Å². The Hall–Kier alpha value is -1.35. The summed E-state index contributed by atoms with van der Waals surface area (Å²) < 4.78 is 0. The van der Waals surface area contributed by atoms with Gasteiger partial charge in [0, 0.05) is 12.1 Å². The first-order valence-corrected chi connectivity index (χ1v) is 5.07. The average Bonchev–Trinajstić information content (AvgIpc) is 2.29. The summed E-state index contributed by atoms with van der Waals surface area (Å²) in [6.45, 7) is 2.21. The number of para-hydroxylation sites is 1. The maximum atomic E-state index is 4.44. The molecule has 1 saturated heterocycles. The summed E-state index contributed by atoms with van der Waals surface area (Å²) in [6.07, 6.45) is 3.50. The van der Waals surface area contributed by atoms with Gasteiger partial charge in [0.25, 0.3) is 0 Å². The molecule has 1 atom stereocenters. The first-order valence-electron chi connectivity index (χ1n) is 5.07. The normalized spacial score (nSPS) is 24.3. The van der Waals surface area contributed by atoms with Crippen molar-refractivity contribution in [3.05, 3.63) is 29.8 Å². The molecule has 2 aliphatic heterocycles. The van der Waals surface area contributed by atoms with Crippen LogP contribution in [-0.2, 0) is 0 Å². The molecule has 0 radical (unpaired) electrons. The molecule has 1 unspecified atom stereocenters. The molecule has 0 aliphatic carbocycles. The standard InChI is InChI=1S/C11H13N3/c1-2-5-10-9(4-1)11-12-6-3-7-14(11)8-13-10/h1-2,4-5,8,11-12H,3,6-7H2. The third-order valence-electron chi connectivity index (χ3n) is 2.84. The second-order valence-corrected chi connectivity index (χ2v) is 3.75. The third-order valence-corrected chi connectivity index (χ3v) is 2.84. The average molecular weight is 187 g/mol. The lowest BCUT2D eigenvalue weighted by Crippen LogP contribution is -2.45. The van der Waals surface area contributed by atoms with Gasteiger partial charge in [-0.15, -0.1) is 0 Å². The van der Waals surface area contributed by atoms with Crippen LogP contribution in [0.4, 0.5) is 5.69 Å². The molecule has 72 valence electrons. The molecule has 1 N–H and O–H groups in total. The number of hydrogen-bond acceptors (Lipinski definition) is 3. The van der Waals surface area contributed by atoms with Crippen molar-refractivity contribution in [3.8, 4) is 0 Å². The molecule has 0 bridgehead atoms. The Morgan fingerprint density at radius 3 is 3.29 bits per heavy atom. The van der Waals surface area contributed by atoms with Crippen molar-refractivity contribution in [1.82, 2.24) is 10.2 Å². The zero-order valence-electron chi connectivity index (χ0n) is 7.98. The molecule has 0 aromatic heterocycles. The van der Waals surface area contributed by atoms with E-state index in [9.17, 15) is 0 Å². The van der Waals surface area contributed by atoms with Gasteiger partial charge in [0.2, 0.25) is 0 Å². The Labute approximate surface area is 83.4 Å². The lowest BCUT2D eigenvalue weighted by atomic mass is 10.1. The Balaban J connectivity index is 2.05. The number of aliphatic imine (C=N–C) groups is 1. The lowest BCUT2D eigenvalue weighted by molar-refractivity contribution is 0.225. The number of nitrogens with zero attached hydrogens (tertiary/aromatic N) is 2. The molecule has 1 aromatic carbocycles. The van der Waals surface area contributed by atoms with Crippen LogP contribution in [0.25, 0.3) is 0 Å². The van der Waals surface area contributed by atoms with Crippen molar-refractivity contribution in [2.75, 3.05) is 13.1 Å². The van der Waals surface area contributed by atoms with Gasteiger partial charge in [-0.3, -0.25) is 5.32 Å². The van der Waals surface area contributed by atoms with E-state index in [4.69, 9.17) is 0 Å². The van der Waals surface area contributed by atoms with Crippen molar-refractivity contribution >= 4 is 12.0 Å². The van der Waals surface area contributed by atoms with Gasteiger partial charge in [-0.25, -0.2) is 4.99 Å². The van der Waals surface area contributed by atoms with Gasteiger partial charge in [-0.2, -0.15) is 0 Å². The molecule has 0 spiro atoms. The second kappa shape index (κ2) is 3.10. The minimum absolute atomic E-state index is 0.345. The largest absolute Gasteiger partial charge is 0.343 e. The maximum Gasteiger partial charge on any atom is 0.109 e. The Kier molecular flexibility index (Phi) is 1.77. The molecule has 14 heavy (non-hydrogen) atoms. The van der Waals surface area contributed by atoms with Gasteiger partial charge in [-0.05, 0) is 19.0 Å². The number of fused-ring (bicyclic) bond motifs is 3. The molecule has 3 rings (SSSR count). The summed E-state index contributed by atoms with van der Waals surface area (Å²) in [7, 11) is 0. The molecule has 0 saturated carbocycles. The van der Waals surface area contributed by atoms with E-state index in [0.717, 1.165) is 18.8 Å². The summed E-state index contributed by atoms with van der Waals surface area (Å²) >= 11 is 0. The molecule has 2 aliphatic rings. The van der Waals surface area contributed by atoms with Gasteiger partial charge < -0.3 is 4.90 Å². The number of nitrogens with one attached hydrogen (secondary N) is 1. The summed E-state index contributed by atoms with van der Waals surface area (Å²) in [5.41, 5.74) is 2.40. The van der Waals surface area contributed by atoms with Gasteiger partial charge in [0.05, 0.1) is 12.0 Å². The van der Waals surface area contributed by atoms with Crippen molar-refractivity contribution in [2.45, 2.75) is 12.6 Å². The highest BCUT2D eigenvalue weighted by atomic mass is 15.3. The van der Waals surface area contributed by atoms with Crippen molar-refractivity contribution in [3.63, 3.8) is 0 Å². The quantitative estimate of drug-likeness (QED) is 0.668. The van der Waals surface area contributed by atoms with Gasteiger partial charge in [-0.1, -0.05) is 18.2 Å². The van der Waals surface area contributed by atoms with Crippen LogP contribution in [0.2, 0.25) is 0 Å². The third kappa shape index (κ3) is 1.13. The fraction of sp³-hybridized carbons (Fsp3) is 0.364. The molecule has 1 aromatic rings. The summed E-state index contributed by atoms with van der Waals surface area (Å²) in [6, 6.07) is 8.34. The van der Waals surface area contributed by atoms with E-state index in [1.165, 1.54) is 12.0 Å². The maximum absolute atomic E-state index is 4.44. The van der Waals surface area contributed by atoms with Gasteiger partial charge >= 0.3 is 0 Å². The van der Waals surface area contributed by atoms with E-state index >= 15 is 0 Å². The van der Waals surface area contributed by atoms with Crippen LogP contribution in [-0.4, -0.2) is 24.3 Å². The predicted molar refractivity (Wildman–Crippen MR) is 56.7 cm³/mol. The summed E-state index contributed by atoms with van der Waals surface area (Å²) in [5.74, 6) is 0. The molecule has 2 heterocycles. The Bertz CT molecular complexity index is 373. The van der Waals surface area contributed by atoms with E-state index in [-0.39, 0.29) is 0 Å². The van der Waals surface area contributed by atoms with Gasteiger partial charge in [0.1, 0.15) is 6.17 Å². The first kappa shape index (κ1) is 8.00. The molecule has 3 nitrogen and oxygen atoms in total. The molecule has 1 fully saturated rings. The minimum atomic E-state index is 0.345. The van der Waals surface area contributed by atoms with Crippen LogP contribution in [0.5, 0.6) is 0 Å². The van der Waals surface area contributed by atoms with Crippen molar-refractivity contribution in [1.29, 1.82) is 0 Å². The van der Waals surface area contributed by atoms with E-state index in [1.54, 1.807) is 0 Å². The number of hydrogen-bond donors (Lipinski definition) is 1. The highest BCUT2D eigenvalue weighted by Crippen LogP contribution is 2.31. The van der Waals surface area contributed by atoms with E-state index in [1.807, 2.05) is 12.4 Å². The SMILES string of the molecule is C1=Nc2ccccc2C2NCCCN12. The first-order chi connectivity index (χ1) is 6.95. The number of benzene rings is 1. The molecular formula is C11H13N3.